The molecule has 0 saturated carbocycles. The molecular weight excluding hydrogens is 344 g/mol. The van der Waals surface area contributed by atoms with Crippen LogP contribution in [0.2, 0.25) is 5.02 Å². The Morgan fingerprint density at radius 3 is 2.21 bits per heavy atom. The average Bonchev–Trinajstić information content (AvgIpc) is 2.30. The number of ketones is 1. The van der Waals surface area contributed by atoms with E-state index in [9.17, 15) is 18.0 Å². The maximum atomic E-state index is 13.7. The second kappa shape index (κ2) is 5.35. The fourth-order valence-electron chi connectivity index (χ4n) is 1.57. The molecular formula is C13H5BrClF3O. The van der Waals surface area contributed by atoms with Gasteiger partial charge in [-0.15, -0.1) is 0 Å². The van der Waals surface area contributed by atoms with Crippen LogP contribution in [-0.4, -0.2) is 5.78 Å². The van der Waals surface area contributed by atoms with E-state index in [2.05, 4.69) is 15.9 Å². The molecule has 2 rings (SSSR count). The highest BCUT2D eigenvalue weighted by Crippen LogP contribution is 2.25. The first-order valence-electron chi connectivity index (χ1n) is 5.04. The summed E-state index contributed by atoms with van der Waals surface area (Å²) in [5.41, 5.74) is -1.06. The first-order valence-corrected chi connectivity index (χ1v) is 6.21. The molecule has 0 heterocycles. The van der Waals surface area contributed by atoms with E-state index < -0.39 is 28.8 Å². The molecule has 0 N–H and O–H groups in total. The number of rotatable bonds is 2. The van der Waals surface area contributed by atoms with Crippen LogP contribution in [0.4, 0.5) is 13.2 Å². The second-order valence-electron chi connectivity index (χ2n) is 3.70. The number of carbonyl (C=O) groups excluding carboxylic acids is 1. The topological polar surface area (TPSA) is 17.1 Å². The summed E-state index contributed by atoms with van der Waals surface area (Å²) in [6.45, 7) is 0. The quantitative estimate of drug-likeness (QED) is 0.715. The van der Waals surface area contributed by atoms with Crippen LogP contribution in [0.3, 0.4) is 0 Å². The van der Waals surface area contributed by atoms with Crippen molar-refractivity contribution < 1.29 is 18.0 Å². The number of carbonyl (C=O) groups is 1. The predicted molar refractivity (Wildman–Crippen MR) is 68.9 cm³/mol. The molecule has 0 amide bonds. The number of hydrogen-bond donors (Lipinski definition) is 0. The molecule has 2 aromatic carbocycles. The van der Waals surface area contributed by atoms with E-state index in [-0.39, 0.29) is 15.1 Å². The van der Waals surface area contributed by atoms with Crippen molar-refractivity contribution in [1.82, 2.24) is 0 Å². The van der Waals surface area contributed by atoms with Gasteiger partial charge >= 0.3 is 0 Å². The van der Waals surface area contributed by atoms with Crippen molar-refractivity contribution >= 4 is 33.3 Å². The Bertz CT molecular complexity index is 650. The third kappa shape index (κ3) is 2.82. The van der Waals surface area contributed by atoms with E-state index in [1.165, 1.54) is 0 Å². The summed E-state index contributed by atoms with van der Waals surface area (Å²) >= 11 is 8.64. The summed E-state index contributed by atoms with van der Waals surface area (Å²) in [5.74, 6) is -3.81. The van der Waals surface area contributed by atoms with Gasteiger partial charge in [-0.25, -0.2) is 13.2 Å². The zero-order valence-electron chi connectivity index (χ0n) is 9.18. The molecule has 0 saturated heterocycles. The summed E-state index contributed by atoms with van der Waals surface area (Å²) in [6.07, 6.45) is 0. The van der Waals surface area contributed by atoms with Gasteiger partial charge in [-0.05, 0) is 30.3 Å². The van der Waals surface area contributed by atoms with E-state index in [0.717, 1.165) is 30.3 Å². The standard InChI is InChI=1S/C13H5BrClF3O/c14-6-3-10(17)12(11(18)4-6)13(19)8-5-7(16)1-2-9(8)15/h1-5H. The molecule has 0 aliphatic rings. The molecule has 0 radical (unpaired) electrons. The minimum absolute atomic E-state index is 0.0758. The minimum Gasteiger partial charge on any atom is -0.288 e. The Balaban J connectivity index is 2.59. The van der Waals surface area contributed by atoms with Gasteiger partial charge in [0.2, 0.25) is 5.78 Å². The molecule has 1 nitrogen and oxygen atoms in total. The Kier molecular flexibility index (Phi) is 3.96. The molecule has 0 aliphatic heterocycles. The van der Waals surface area contributed by atoms with Crippen LogP contribution in [0.15, 0.2) is 34.8 Å². The highest BCUT2D eigenvalue weighted by atomic mass is 79.9. The summed E-state index contributed by atoms with van der Waals surface area (Å²) in [5, 5.41) is -0.0758. The first kappa shape index (κ1) is 14.1. The summed E-state index contributed by atoms with van der Waals surface area (Å²) in [4.78, 5) is 12.0. The van der Waals surface area contributed by atoms with E-state index in [0.29, 0.717) is 0 Å². The Hall–Kier alpha value is -1.33. The third-order valence-corrected chi connectivity index (χ3v) is 3.19. The van der Waals surface area contributed by atoms with Crippen LogP contribution in [0.5, 0.6) is 0 Å². The molecule has 98 valence electrons. The fourth-order valence-corrected chi connectivity index (χ4v) is 2.17. The molecule has 2 aromatic rings. The summed E-state index contributed by atoms with van der Waals surface area (Å²) in [6, 6.07) is 4.94. The summed E-state index contributed by atoms with van der Waals surface area (Å²) in [7, 11) is 0. The number of benzene rings is 2. The van der Waals surface area contributed by atoms with E-state index in [1.807, 2.05) is 0 Å². The smallest absolute Gasteiger partial charge is 0.200 e. The van der Waals surface area contributed by atoms with Gasteiger partial charge in [0.15, 0.2) is 0 Å². The predicted octanol–water partition coefficient (Wildman–Crippen LogP) is 4.75. The van der Waals surface area contributed by atoms with Crippen LogP contribution in [0.25, 0.3) is 0 Å². The Morgan fingerprint density at radius 2 is 1.63 bits per heavy atom. The lowest BCUT2D eigenvalue weighted by Gasteiger charge is -2.07. The van der Waals surface area contributed by atoms with Gasteiger partial charge in [-0.3, -0.25) is 4.79 Å². The average molecular weight is 350 g/mol. The van der Waals surface area contributed by atoms with Gasteiger partial charge < -0.3 is 0 Å². The van der Waals surface area contributed by atoms with Gasteiger partial charge in [0, 0.05) is 10.0 Å². The third-order valence-electron chi connectivity index (χ3n) is 2.41. The zero-order chi connectivity index (χ0) is 14.2. The molecule has 0 atom stereocenters. The van der Waals surface area contributed by atoms with Crippen LogP contribution >= 0.6 is 27.5 Å². The zero-order valence-corrected chi connectivity index (χ0v) is 11.5. The summed E-state index contributed by atoms with van der Waals surface area (Å²) < 4.78 is 40.5. The largest absolute Gasteiger partial charge is 0.288 e. The lowest BCUT2D eigenvalue weighted by atomic mass is 10.0. The molecule has 19 heavy (non-hydrogen) atoms. The van der Waals surface area contributed by atoms with Crippen LogP contribution in [0.1, 0.15) is 15.9 Å². The van der Waals surface area contributed by atoms with Crippen LogP contribution in [0, 0.1) is 17.5 Å². The van der Waals surface area contributed by atoms with Crippen LogP contribution < -0.4 is 0 Å². The molecule has 0 aromatic heterocycles. The Morgan fingerprint density at radius 1 is 1.05 bits per heavy atom. The van der Waals surface area contributed by atoms with E-state index in [4.69, 9.17) is 11.6 Å². The van der Waals surface area contributed by atoms with Crippen molar-refractivity contribution in [3.63, 3.8) is 0 Å². The minimum atomic E-state index is -1.04. The molecule has 0 fully saturated rings. The SMILES string of the molecule is O=C(c1cc(F)ccc1Cl)c1c(F)cc(Br)cc1F. The highest BCUT2D eigenvalue weighted by Gasteiger charge is 2.22. The van der Waals surface area contributed by atoms with Crippen LogP contribution in [-0.2, 0) is 0 Å². The number of halogens is 5. The highest BCUT2D eigenvalue weighted by molar-refractivity contribution is 9.10. The molecule has 0 bridgehead atoms. The molecule has 0 spiro atoms. The van der Waals surface area contributed by atoms with Crippen molar-refractivity contribution in [1.29, 1.82) is 0 Å². The Labute approximate surface area is 120 Å². The monoisotopic (exact) mass is 348 g/mol. The van der Waals surface area contributed by atoms with Gasteiger partial charge in [-0.2, -0.15) is 0 Å². The number of hydrogen-bond acceptors (Lipinski definition) is 1. The van der Waals surface area contributed by atoms with Gasteiger partial charge in [0.05, 0.1) is 10.6 Å². The molecule has 0 aliphatic carbocycles. The van der Waals surface area contributed by atoms with Gasteiger partial charge in [0.1, 0.15) is 17.5 Å². The maximum absolute atomic E-state index is 13.7. The van der Waals surface area contributed by atoms with Gasteiger partial charge in [0.25, 0.3) is 0 Å². The van der Waals surface area contributed by atoms with Crippen molar-refractivity contribution in [2.75, 3.05) is 0 Å². The van der Waals surface area contributed by atoms with Crippen molar-refractivity contribution in [3.8, 4) is 0 Å². The first-order chi connectivity index (χ1) is 8.90. The lowest BCUT2D eigenvalue weighted by molar-refractivity contribution is 0.103. The molecule has 6 heteroatoms. The van der Waals surface area contributed by atoms with Crippen molar-refractivity contribution in [2.45, 2.75) is 0 Å². The lowest BCUT2D eigenvalue weighted by Crippen LogP contribution is -2.08. The van der Waals surface area contributed by atoms with E-state index >= 15 is 0 Å². The van der Waals surface area contributed by atoms with E-state index in [1.54, 1.807) is 0 Å². The van der Waals surface area contributed by atoms with Gasteiger partial charge in [-0.1, -0.05) is 27.5 Å². The fraction of sp³-hybridized carbons (Fsp3) is 0. The van der Waals surface area contributed by atoms with Crippen molar-refractivity contribution in [3.05, 3.63) is 68.4 Å². The second-order valence-corrected chi connectivity index (χ2v) is 5.02. The molecule has 0 unspecified atom stereocenters. The van der Waals surface area contributed by atoms with Crippen molar-refractivity contribution in [2.24, 2.45) is 0 Å². The normalized spacial score (nSPS) is 10.6. The maximum Gasteiger partial charge on any atom is 0.200 e.